The highest BCUT2D eigenvalue weighted by molar-refractivity contribution is 5.67. The molecular formula is C16H26N2O3. The van der Waals surface area contributed by atoms with Crippen LogP contribution in [0.4, 0.5) is 0 Å². The van der Waals surface area contributed by atoms with Crippen molar-refractivity contribution < 1.29 is 9.90 Å². The van der Waals surface area contributed by atoms with Crippen molar-refractivity contribution in [2.45, 2.75) is 77.2 Å². The minimum absolute atomic E-state index is 0.000833. The molecule has 2 rings (SSSR count). The molecule has 1 fully saturated rings. The number of nitrogens with one attached hydrogen (secondary N) is 1. The Hall–Kier alpha value is -1.52. The Morgan fingerprint density at radius 1 is 1.29 bits per heavy atom. The van der Waals surface area contributed by atoms with Gasteiger partial charge in [0.15, 0.2) is 0 Å². The molecule has 0 saturated heterocycles. The Morgan fingerprint density at radius 3 is 2.43 bits per heavy atom. The molecule has 21 heavy (non-hydrogen) atoms. The molecule has 1 aromatic heterocycles. The third-order valence-electron chi connectivity index (χ3n) is 4.29. The van der Waals surface area contributed by atoms with Crippen molar-refractivity contribution in [1.29, 1.82) is 0 Å². The lowest BCUT2D eigenvalue weighted by Gasteiger charge is -2.23. The monoisotopic (exact) mass is 294 g/mol. The van der Waals surface area contributed by atoms with Crippen molar-refractivity contribution in [2.24, 2.45) is 0 Å². The number of carboxylic acid groups (broad SMARTS) is 1. The average molecular weight is 294 g/mol. The number of aromatic amines is 1. The molecule has 0 atom stereocenters. The fraction of sp³-hybridized carbons (Fsp3) is 0.750. The van der Waals surface area contributed by atoms with Gasteiger partial charge in [-0.25, -0.2) is 4.68 Å². The molecule has 118 valence electrons. The highest BCUT2D eigenvalue weighted by atomic mass is 16.4. The molecule has 1 aliphatic rings. The van der Waals surface area contributed by atoms with Crippen LogP contribution in [0.2, 0.25) is 0 Å². The number of carbonyl (C=O) groups is 1. The fourth-order valence-corrected chi connectivity index (χ4v) is 3.17. The number of rotatable bonds is 4. The van der Waals surface area contributed by atoms with E-state index in [4.69, 9.17) is 5.11 Å². The van der Waals surface area contributed by atoms with Gasteiger partial charge in [0.25, 0.3) is 5.56 Å². The SMILES string of the molecule is CC(C)(C)c1[nH]n(C2CCCCC2)c(=O)c1CCC(=O)O. The van der Waals surface area contributed by atoms with Crippen LogP contribution in [0.25, 0.3) is 0 Å². The van der Waals surface area contributed by atoms with Gasteiger partial charge in [-0.1, -0.05) is 40.0 Å². The van der Waals surface area contributed by atoms with E-state index in [-0.39, 0.29) is 23.4 Å². The first-order valence-electron chi connectivity index (χ1n) is 7.86. The Morgan fingerprint density at radius 2 is 1.90 bits per heavy atom. The fourth-order valence-electron chi connectivity index (χ4n) is 3.17. The molecule has 5 heteroatoms. The predicted molar refractivity (Wildman–Crippen MR) is 81.8 cm³/mol. The number of hydrogen-bond acceptors (Lipinski definition) is 2. The normalized spacial score (nSPS) is 17.1. The Labute approximate surface area is 125 Å². The topological polar surface area (TPSA) is 75.1 Å². The number of nitrogens with zero attached hydrogens (tertiary/aromatic N) is 1. The van der Waals surface area contributed by atoms with Crippen LogP contribution in [0.5, 0.6) is 0 Å². The summed E-state index contributed by atoms with van der Waals surface area (Å²) >= 11 is 0. The first kappa shape index (κ1) is 15.9. The zero-order chi connectivity index (χ0) is 15.6. The van der Waals surface area contributed by atoms with E-state index in [1.807, 2.05) is 20.8 Å². The highest BCUT2D eigenvalue weighted by Crippen LogP contribution is 2.29. The third kappa shape index (κ3) is 3.57. The zero-order valence-electron chi connectivity index (χ0n) is 13.2. The van der Waals surface area contributed by atoms with Gasteiger partial charge in [-0.3, -0.25) is 14.7 Å². The number of aliphatic carboxylic acids is 1. The quantitative estimate of drug-likeness (QED) is 0.896. The van der Waals surface area contributed by atoms with E-state index in [1.165, 1.54) is 6.42 Å². The van der Waals surface area contributed by atoms with Gasteiger partial charge in [0, 0.05) is 23.1 Å². The van der Waals surface area contributed by atoms with E-state index in [0.29, 0.717) is 12.0 Å². The molecule has 0 spiro atoms. The van der Waals surface area contributed by atoms with Gasteiger partial charge in [-0.15, -0.1) is 0 Å². The largest absolute Gasteiger partial charge is 0.481 e. The molecule has 0 bridgehead atoms. The van der Waals surface area contributed by atoms with Crippen LogP contribution in [0.15, 0.2) is 4.79 Å². The Balaban J connectivity index is 2.38. The second kappa shape index (κ2) is 6.08. The molecule has 0 aromatic carbocycles. The molecule has 1 heterocycles. The van der Waals surface area contributed by atoms with Crippen LogP contribution < -0.4 is 5.56 Å². The maximum Gasteiger partial charge on any atom is 0.303 e. The molecule has 1 aromatic rings. The third-order valence-corrected chi connectivity index (χ3v) is 4.29. The van der Waals surface area contributed by atoms with Crippen molar-refractivity contribution in [1.82, 2.24) is 9.78 Å². The lowest BCUT2D eigenvalue weighted by Crippen LogP contribution is -2.26. The van der Waals surface area contributed by atoms with Crippen LogP contribution in [0, 0.1) is 0 Å². The van der Waals surface area contributed by atoms with Crippen molar-refractivity contribution in [3.63, 3.8) is 0 Å². The summed E-state index contributed by atoms with van der Waals surface area (Å²) in [6, 6.07) is 0.242. The standard InChI is InChI=1S/C16H26N2O3/c1-16(2,3)14-12(9-10-13(19)20)15(21)18(17-14)11-7-5-4-6-8-11/h11,17H,4-10H2,1-3H3,(H,19,20). The van der Waals surface area contributed by atoms with E-state index in [0.717, 1.165) is 31.4 Å². The molecule has 5 nitrogen and oxygen atoms in total. The van der Waals surface area contributed by atoms with Crippen molar-refractivity contribution in [3.8, 4) is 0 Å². The minimum atomic E-state index is -0.861. The Bertz CT molecular complexity index is 557. The van der Waals surface area contributed by atoms with E-state index < -0.39 is 5.97 Å². The molecule has 1 saturated carbocycles. The average Bonchev–Trinajstić information content (AvgIpc) is 2.74. The summed E-state index contributed by atoms with van der Waals surface area (Å²) in [5, 5.41) is 12.2. The van der Waals surface area contributed by atoms with Gasteiger partial charge >= 0.3 is 5.97 Å². The van der Waals surface area contributed by atoms with E-state index in [2.05, 4.69) is 5.10 Å². The van der Waals surface area contributed by atoms with Gasteiger partial charge < -0.3 is 5.11 Å². The summed E-state index contributed by atoms with van der Waals surface area (Å²) in [5.74, 6) is -0.861. The minimum Gasteiger partial charge on any atom is -0.481 e. The zero-order valence-corrected chi connectivity index (χ0v) is 13.2. The molecule has 1 aliphatic carbocycles. The first-order valence-corrected chi connectivity index (χ1v) is 7.86. The van der Waals surface area contributed by atoms with E-state index in [9.17, 15) is 9.59 Å². The van der Waals surface area contributed by atoms with Gasteiger partial charge in [0.05, 0.1) is 6.04 Å². The molecule has 0 unspecified atom stereocenters. The van der Waals surface area contributed by atoms with Gasteiger partial charge in [-0.2, -0.15) is 0 Å². The first-order chi connectivity index (χ1) is 9.80. The predicted octanol–water partition coefficient (Wildman–Crippen LogP) is 3.00. The molecule has 0 radical (unpaired) electrons. The number of hydrogen-bond donors (Lipinski definition) is 2. The van der Waals surface area contributed by atoms with Gasteiger partial charge in [0.1, 0.15) is 0 Å². The number of aromatic nitrogens is 2. The second-order valence-electron chi connectivity index (χ2n) is 7.08. The van der Waals surface area contributed by atoms with Crippen molar-refractivity contribution >= 4 is 5.97 Å². The molecule has 0 aliphatic heterocycles. The Kier molecular flexibility index (Phi) is 4.59. The summed E-state index contributed by atoms with van der Waals surface area (Å²) in [4.78, 5) is 23.5. The van der Waals surface area contributed by atoms with Crippen molar-refractivity contribution in [2.75, 3.05) is 0 Å². The van der Waals surface area contributed by atoms with Crippen LogP contribution in [-0.4, -0.2) is 20.9 Å². The molecule has 2 N–H and O–H groups in total. The summed E-state index contributed by atoms with van der Waals surface area (Å²) in [5.41, 5.74) is 1.33. The highest BCUT2D eigenvalue weighted by Gasteiger charge is 2.27. The lowest BCUT2D eigenvalue weighted by molar-refractivity contribution is -0.136. The summed E-state index contributed by atoms with van der Waals surface area (Å²) < 4.78 is 1.76. The van der Waals surface area contributed by atoms with Crippen LogP contribution in [0.3, 0.4) is 0 Å². The molecular weight excluding hydrogens is 268 g/mol. The van der Waals surface area contributed by atoms with Crippen LogP contribution in [0.1, 0.15) is 76.6 Å². The lowest BCUT2D eigenvalue weighted by atomic mass is 9.88. The second-order valence-corrected chi connectivity index (χ2v) is 7.08. The smallest absolute Gasteiger partial charge is 0.303 e. The summed E-state index contributed by atoms with van der Waals surface area (Å²) in [6.45, 7) is 6.15. The summed E-state index contributed by atoms with van der Waals surface area (Å²) in [6.07, 6.45) is 5.92. The number of H-pyrrole nitrogens is 1. The van der Waals surface area contributed by atoms with E-state index >= 15 is 0 Å². The maximum atomic E-state index is 12.7. The van der Waals surface area contributed by atoms with Crippen LogP contribution in [-0.2, 0) is 16.6 Å². The van der Waals surface area contributed by atoms with E-state index in [1.54, 1.807) is 4.68 Å². The number of carboxylic acids is 1. The van der Waals surface area contributed by atoms with Gasteiger partial charge in [-0.05, 0) is 19.3 Å². The van der Waals surface area contributed by atoms with Crippen LogP contribution >= 0.6 is 0 Å². The maximum absolute atomic E-state index is 12.7. The summed E-state index contributed by atoms with van der Waals surface area (Å²) in [7, 11) is 0. The van der Waals surface area contributed by atoms with Crippen molar-refractivity contribution in [3.05, 3.63) is 21.6 Å². The van der Waals surface area contributed by atoms with Gasteiger partial charge in [0.2, 0.25) is 0 Å². The molecule has 0 amide bonds.